The van der Waals surface area contributed by atoms with Gasteiger partial charge in [0, 0.05) is 52.8 Å². The lowest BCUT2D eigenvalue weighted by molar-refractivity contribution is -0.139. The van der Waals surface area contributed by atoms with Crippen molar-refractivity contribution in [3.63, 3.8) is 0 Å². The number of rotatable bonds is 11. The molecular weight excluding hydrogens is 461 g/mol. The van der Waals surface area contributed by atoms with Gasteiger partial charge in [0.25, 0.3) is 0 Å². The van der Waals surface area contributed by atoms with Crippen LogP contribution in [0.2, 0.25) is 5.02 Å². The molecule has 1 aromatic heterocycles. The number of aliphatic carboxylic acids is 1. The van der Waals surface area contributed by atoms with Gasteiger partial charge in [-0.25, -0.2) is 4.39 Å². The minimum Gasteiger partial charge on any atom is -0.481 e. The molecule has 1 heterocycles. The lowest BCUT2D eigenvalue weighted by Gasteiger charge is -2.21. The summed E-state index contributed by atoms with van der Waals surface area (Å²) in [5, 5.41) is 29.6. The topological polar surface area (TPSA) is 99.9 Å². The number of aromatic nitrogens is 1. The second-order valence-electron chi connectivity index (χ2n) is 9.17. The number of halogens is 2. The van der Waals surface area contributed by atoms with Crippen LogP contribution < -0.4 is 0 Å². The Morgan fingerprint density at radius 1 is 1.24 bits per heavy atom. The fourth-order valence-electron chi connectivity index (χ4n) is 4.34. The van der Waals surface area contributed by atoms with Crippen LogP contribution in [0.25, 0.3) is 17.2 Å². The second-order valence-corrected chi connectivity index (χ2v) is 9.58. The summed E-state index contributed by atoms with van der Waals surface area (Å²) in [6, 6.07) is 4.26. The smallest absolute Gasteiger partial charge is 0.305 e. The summed E-state index contributed by atoms with van der Waals surface area (Å²) in [6.07, 6.45) is 4.55. The van der Waals surface area contributed by atoms with Crippen LogP contribution in [-0.2, 0) is 16.1 Å². The molecule has 2 aliphatic rings. The number of pyridine rings is 1. The summed E-state index contributed by atoms with van der Waals surface area (Å²) in [5.74, 6) is -0.933. The first-order valence-corrected chi connectivity index (χ1v) is 11.9. The normalized spacial score (nSPS) is 17.8. The highest BCUT2D eigenvalue weighted by molar-refractivity contribution is 6.33. The van der Waals surface area contributed by atoms with Crippen LogP contribution in [-0.4, -0.2) is 45.6 Å². The van der Waals surface area contributed by atoms with Crippen LogP contribution in [0.5, 0.6) is 0 Å². The summed E-state index contributed by atoms with van der Waals surface area (Å²) in [7, 11) is 1.60. The van der Waals surface area contributed by atoms with Crippen molar-refractivity contribution >= 4 is 23.6 Å². The zero-order valence-electron chi connectivity index (χ0n) is 19.0. The van der Waals surface area contributed by atoms with Crippen molar-refractivity contribution in [3.8, 4) is 11.1 Å². The number of methoxy groups -OCH3 is 1. The Bertz CT molecular complexity index is 1100. The van der Waals surface area contributed by atoms with Crippen molar-refractivity contribution in [2.75, 3.05) is 7.11 Å². The number of benzene rings is 1. The SMILES string of the molecule is COCc1c(C2CC2)nc(C2CC2)c(/C=C/[C@@H](O)C[C@@H](O)CC(=O)O)c1-c1cc(F)ccc1Cl. The number of nitrogens with zero attached hydrogens (tertiary/aromatic N) is 1. The Morgan fingerprint density at radius 3 is 2.53 bits per heavy atom. The average Bonchev–Trinajstić information content (AvgIpc) is 3.67. The lowest BCUT2D eigenvalue weighted by atomic mass is 9.89. The van der Waals surface area contributed by atoms with Crippen molar-refractivity contribution in [1.82, 2.24) is 4.98 Å². The standard InChI is InChI=1S/C26H29ClFNO5/c1-34-13-21-24(20-10-16(28)6-9-22(20)27)19(8-7-17(30)11-18(31)12-23(32)33)25(14-2-3-14)29-26(21)15-4-5-15/h6-10,14-15,17-18,30-31H,2-5,11-13H2,1H3,(H,32,33)/b8-7+/t17-,18-/m1/s1. The minimum absolute atomic E-state index is 0.115. The minimum atomic E-state index is -1.17. The fraction of sp³-hybridized carbons (Fsp3) is 0.462. The molecule has 0 aliphatic heterocycles. The number of hydrogen-bond donors (Lipinski definition) is 3. The monoisotopic (exact) mass is 489 g/mol. The van der Waals surface area contributed by atoms with E-state index in [-0.39, 0.29) is 18.9 Å². The third-order valence-electron chi connectivity index (χ3n) is 6.22. The molecule has 0 saturated heterocycles. The van der Waals surface area contributed by atoms with E-state index in [1.54, 1.807) is 13.2 Å². The van der Waals surface area contributed by atoms with E-state index < -0.39 is 30.4 Å². The predicted molar refractivity (Wildman–Crippen MR) is 127 cm³/mol. The number of aliphatic hydroxyl groups excluding tert-OH is 2. The van der Waals surface area contributed by atoms with E-state index in [1.165, 1.54) is 24.3 Å². The summed E-state index contributed by atoms with van der Waals surface area (Å²) in [5.41, 5.74) is 4.76. The molecule has 2 aliphatic carbocycles. The highest BCUT2D eigenvalue weighted by Crippen LogP contribution is 2.50. The highest BCUT2D eigenvalue weighted by atomic mass is 35.5. The summed E-state index contributed by atoms with van der Waals surface area (Å²) >= 11 is 6.56. The van der Waals surface area contributed by atoms with E-state index in [0.717, 1.165) is 53.8 Å². The molecule has 0 unspecified atom stereocenters. The molecule has 2 atom stereocenters. The van der Waals surface area contributed by atoms with Crippen LogP contribution >= 0.6 is 11.6 Å². The van der Waals surface area contributed by atoms with Crippen LogP contribution in [0.1, 0.15) is 72.9 Å². The van der Waals surface area contributed by atoms with Crippen molar-refractivity contribution in [2.24, 2.45) is 0 Å². The van der Waals surface area contributed by atoms with Gasteiger partial charge < -0.3 is 20.1 Å². The van der Waals surface area contributed by atoms with Crippen molar-refractivity contribution in [2.45, 2.75) is 69.2 Å². The largest absolute Gasteiger partial charge is 0.481 e. The van der Waals surface area contributed by atoms with E-state index in [1.807, 2.05) is 0 Å². The Morgan fingerprint density at radius 2 is 1.91 bits per heavy atom. The van der Waals surface area contributed by atoms with E-state index >= 15 is 0 Å². The van der Waals surface area contributed by atoms with Crippen LogP contribution in [0.15, 0.2) is 24.3 Å². The van der Waals surface area contributed by atoms with Crippen LogP contribution in [0, 0.1) is 5.82 Å². The number of ether oxygens (including phenoxy) is 1. The maximum absolute atomic E-state index is 14.3. The molecule has 0 bridgehead atoms. The number of carboxylic acid groups (broad SMARTS) is 1. The quantitative estimate of drug-likeness (QED) is 0.409. The van der Waals surface area contributed by atoms with Gasteiger partial charge in [-0.15, -0.1) is 0 Å². The predicted octanol–water partition coefficient (Wildman–Crippen LogP) is 5.04. The van der Waals surface area contributed by atoms with E-state index in [2.05, 4.69) is 0 Å². The molecule has 3 N–H and O–H groups in total. The fourth-order valence-corrected chi connectivity index (χ4v) is 4.56. The van der Waals surface area contributed by atoms with Gasteiger partial charge in [0.2, 0.25) is 0 Å². The number of aliphatic hydroxyl groups is 2. The third kappa shape index (κ3) is 5.84. The van der Waals surface area contributed by atoms with Gasteiger partial charge in [-0.2, -0.15) is 0 Å². The van der Waals surface area contributed by atoms with Crippen LogP contribution in [0.3, 0.4) is 0 Å². The van der Waals surface area contributed by atoms with E-state index in [0.29, 0.717) is 16.5 Å². The lowest BCUT2D eigenvalue weighted by Crippen LogP contribution is -2.19. The zero-order chi connectivity index (χ0) is 24.4. The summed E-state index contributed by atoms with van der Waals surface area (Å²) in [6.45, 7) is 0.284. The molecule has 8 heteroatoms. The molecule has 0 amide bonds. The molecule has 4 rings (SSSR count). The first-order chi connectivity index (χ1) is 16.3. The summed E-state index contributed by atoms with van der Waals surface area (Å²) < 4.78 is 19.9. The summed E-state index contributed by atoms with van der Waals surface area (Å²) in [4.78, 5) is 15.9. The molecule has 0 radical (unpaired) electrons. The molecule has 2 aromatic rings. The van der Waals surface area contributed by atoms with Gasteiger partial charge in [-0.05, 0) is 49.4 Å². The van der Waals surface area contributed by atoms with Gasteiger partial charge >= 0.3 is 5.97 Å². The van der Waals surface area contributed by atoms with Crippen LogP contribution in [0.4, 0.5) is 4.39 Å². The molecule has 2 fully saturated rings. The Balaban J connectivity index is 1.84. The number of carboxylic acids is 1. The molecular formula is C26H29ClFNO5. The highest BCUT2D eigenvalue weighted by Gasteiger charge is 2.35. The van der Waals surface area contributed by atoms with E-state index in [9.17, 15) is 19.4 Å². The first-order valence-electron chi connectivity index (χ1n) is 11.6. The maximum atomic E-state index is 14.3. The molecule has 6 nitrogen and oxygen atoms in total. The van der Waals surface area contributed by atoms with Gasteiger partial charge in [-0.3, -0.25) is 9.78 Å². The molecule has 182 valence electrons. The average molecular weight is 490 g/mol. The maximum Gasteiger partial charge on any atom is 0.305 e. The van der Waals surface area contributed by atoms with Gasteiger partial charge in [0.15, 0.2) is 0 Å². The van der Waals surface area contributed by atoms with Crippen molar-refractivity contribution in [1.29, 1.82) is 0 Å². The first kappa shape index (κ1) is 24.8. The Labute approximate surface area is 203 Å². The molecule has 1 aromatic carbocycles. The van der Waals surface area contributed by atoms with E-state index in [4.69, 9.17) is 26.4 Å². The van der Waals surface area contributed by atoms with Gasteiger partial charge in [0.1, 0.15) is 5.82 Å². The zero-order valence-corrected chi connectivity index (χ0v) is 19.8. The van der Waals surface area contributed by atoms with Crippen molar-refractivity contribution < 1.29 is 29.2 Å². The van der Waals surface area contributed by atoms with Gasteiger partial charge in [-0.1, -0.05) is 23.8 Å². The van der Waals surface area contributed by atoms with Gasteiger partial charge in [0.05, 0.1) is 30.9 Å². The third-order valence-corrected chi connectivity index (χ3v) is 6.55. The molecule has 2 saturated carbocycles. The molecule has 34 heavy (non-hydrogen) atoms. The second kappa shape index (κ2) is 10.5. The number of hydrogen-bond acceptors (Lipinski definition) is 5. The molecule has 0 spiro atoms. The van der Waals surface area contributed by atoms with Crippen molar-refractivity contribution in [3.05, 3.63) is 57.6 Å². The number of carbonyl (C=O) groups is 1. The Kier molecular flexibility index (Phi) is 7.67. The Hall–Kier alpha value is -2.32.